The minimum absolute atomic E-state index is 0.778. The van der Waals surface area contributed by atoms with Gasteiger partial charge in [0, 0.05) is 12.6 Å². The number of nitrogens with one attached hydrogen (secondary N) is 1. The van der Waals surface area contributed by atoms with Crippen LogP contribution >= 0.6 is 0 Å². The van der Waals surface area contributed by atoms with Crippen LogP contribution < -0.4 is 5.32 Å². The van der Waals surface area contributed by atoms with E-state index in [0.717, 1.165) is 12.6 Å². The zero-order chi connectivity index (χ0) is 13.5. The Kier molecular flexibility index (Phi) is 5.87. The SMILES string of the molecule is Cc1ccccc1CN(C)CCCC1CCCCN1. The summed E-state index contributed by atoms with van der Waals surface area (Å²) in [5.41, 5.74) is 2.86. The van der Waals surface area contributed by atoms with Gasteiger partial charge in [-0.05, 0) is 63.9 Å². The van der Waals surface area contributed by atoms with Crippen LogP contribution in [0.5, 0.6) is 0 Å². The maximum atomic E-state index is 3.63. The Morgan fingerprint density at radius 1 is 1.26 bits per heavy atom. The lowest BCUT2D eigenvalue weighted by atomic mass is 10.0. The van der Waals surface area contributed by atoms with Crippen LogP contribution in [0.3, 0.4) is 0 Å². The van der Waals surface area contributed by atoms with Crippen molar-refractivity contribution >= 4 is 0 Å². The lowest BCUT2D eigenvalue weighted by Gasteiger charge is -2.24. The zero-order valence-electron chi connectivity index (χ0n) is 12.5. The van der Waals surface area contributed by atoms with Crippen molar-refractivity contribution in [3.63, 3.8) is 0 Å². The highest BCUT2D eigenvalue weighted by molar-refractivity contribution is 5.25. The van der Waals surface area contributed by atoms with E-state index in [9.17, 15) is 0 Å². The summed E-state index contributed by atoms with van der Waals surface area (Å²) in [5.74, 6) is 0. The maximum Gasteiger partial charge on any atom is 0.0233 e. The predicted octanol–water partition coefficient (Wildman–Crippen LogP) is 3.35. The number of nitrogens with zero attached hydrogens (tertiary/aromatic N) is 1. The van der Waals surface area contributed by atoms with Crippen LogP contribution in [0.15, 0.2) is 24.3 Å². The van der Waals surface area contributed by atoms with E-state index in [1.165, 1.54) is 56.3 Å². The summed E-state index contributed by atoms with van der Waals surface area (Å²) < 4.78 is 0. The van der Waals surface area contributed by atoms with E-state index >= 15 is 0 Å². The molecule has 1 N–H and O–H groups in total. The van der Waals surface area contributed by atoms with E-state index in [1.807, 2.05) is 0 Å². The molecule has 19 heavy (non-hydrogen) atoms. The minimum Gasteiger partial charge on any atom is -0.314 e. The van der Waals surface area contributed by atoms with E-state index in [4.69, 9.17) is 0 Å². The third-order valence-electron chi connectivity index (χ3n) is 4.21. The number of piperidine rings is 1. The second kappa shape index (κ2) is 7.66. The first-order valence-electron chi connectivity index (χ1n) is 7.72. The van der Waals surface area contributed by atoms with Crippen molar-refractivity contribution in [1.82, 2.24) is 10.2 Å². The summed E-state index contributed by atoms with van der Waals surface area (Å²) in [4.78, 5) is 2.45. The molecule has 1 aromatic rings. The van der Waals surface area contributed by atoms with Gasteiger partial charge in [-0.25, -0.2) is 0 Å². The largest absolute Gasteiger partial charge is 0.314 e. The molecule has 106 valence electrons. The normalized spacial score (nSPS) is 19.8. The molecule has 1 aliphatic heterocycles. The molecule has 0 aliphatic carbocycles. The van der Waals surface area contributed by atoms with Gasteiger partial charge in [-0.2, -0.15) is 0 Å². The molecule has 2 heteroatoms. The first kappa shape index (κ1) is 14.5. The highest BCUT2D eigenvalue weighted by atomic mass is 15.1. The Balaban J connectivity index is 1.67. The maximum absolute atomic E-state index is 3.63. The van der Waals surface area contributed by atoms with Crippen LogP contribution in [0, 0.1) is 6.92 Å². The molecule has 2 nitrogen and oxygen atoms in total. The van der Waals surface area contributed by atoms with Crippen LogP contribution in [-0.4, -0.2) is 31.1 Å². The first-order chi connectivity index (χ1) is 9.25. The molecule has 0 amide bonds. The zero-order valence-corrected chi connectivity index (χ0v) is 12.5. The highest BCUT2D eigenvalue weighted by Gasteiger charge is 2.12. The van der Waals surface area contributed by atoms with Gasteiger partial charge in [0.05, 0.1) is 0 Å². The number of benzene rings is 1. The van der Waals surface area contributed by atoms with Gasteiger partial charge in [0.1, 0.15) is 0 Å². The molecule has 1 heterocycles. The Bertz CT molecular complexity index is 369. The summed E-state index contributed by atoms with van der Waals surface area (Å²) in [5, 5.41) is 3.63. The monoisotopic (exact) mass is 260 g/mol. The van der Waals surface area contributed by atoms with Crippen molar-refractivity contribution in [2.75, 3.05) is 20.1 Å². The molecule has 2 rings (SSSR count). The molecule has 1 aromatic carbocycles. The number of rotatable bonds is 6. The quantitative estimate of drug-likeness (QED) is 0.844. The van der Waals surface area contributed by atoms with Gasteiger partial charge in [-0.15, -0.1) is 0 Å². The topological polar surface area (TPSA) is 15.3 Å². The number of hydrogen-bond donors (Lipinski definition) is 1. The van der Waals surface area contributed by atoms with Gasteiger partial charge in [0.15, 0.2) is 0 Å². The summed E-state index contributed by atoms with van der Waals surface area (Å²) in [6.45, 7) is 5.70. The highest BCUT2D eigenvalue weighted by Crippen LogP contribution is 2.13. The van der Waals surface area contributed by atoms with E-state index in [1.54, 1.807) is 0 Å². The smallest absolute Gasteiger partial charge is 0.0233 e. The van der Waals surface area contributed by atoms with E-state index in [-0.39, 0.29) is 0 Å². The summed E-state index contributed by atoms with van der Waals surface area (Å²) in [7, 11) is 2.24. The molecule has 0 saturated carbocycles. The molecular formula is C17H28N2. The number of hydrogen-bond acceptors (Lipinski definition) is 2. The van der Waals surface area contributed by atoms with Crippen molar-refractivity contribution in [1.29, 1.82) is 0 Å². The third-order valence-corrected chi connectivity index (χ3v) is 4.21. The van der Waals surface area contributed by atoms with Gasteiger partial charge in [-0.1, -0.05) is 30.7 Å². The average Bonchev–Trinajstić information content (AvgIpc) is 2.43. The van der Waals surface area contributed by atoms with E-state index < -0.39 is 0 Å². The van der Waals surface area contributed by atoms with Gasteiger partial charge in [0.2, 0.25) is 0 Å². The molecule has 1 atom stereocenters. The van der Waals surface area contributed by atoms with Gasteiger partial charge in [-0.3, -0.25) is 0 Å². The second-order valence-electron chi connectivity index (χ2n) is 5.95. The Morgan fingerprint density at radius 2 is 2.11 bits per heavy atom. The Labute approximate surface area is 118 Å². The average molecular weight is 260 g/mol. The van der Waals surface area contributed by atoms with Crippen LogP contribution in [0.25, 0.3) is 0 Å². The van der Waals surface area contributed by atoms with Gasteiger partial charge < -0.3 is 10.2 Å². The molecule has 1 unspecified atom stereocenters. The van der Waals surface area contributed by atoms with E-state index in [0.29, 0.717) is 0 Å². The van der Waals surface area contributed by atoms with Crippen molar-refractivity contribution in [2.24, 2.45) is 0 Å². The number of aryl methyl sites for hydroxylation is 1. The minimum atomic E-state index is 0.778. The molecule has 0 aromatic heterocycles. The molecule has 0 spiro atoms. The lowest BCUT2D eigenvalue weighted by molar-refractivity contribution is 0.297. The van der Waals surface area contributed by atoms with Crippen LogP contribution in [0.1, 0.15) is 43.2 Å². The summed E-state index contributed by atoms with van der Waals surface area (Å²) in [6, 6.07) is 9.49. The standard InChI is InChI=1S/C17H28N2/c1-15-8-3-4-9-16(15)14-19(2)13-7-11-17-10-5-6-12-18-17/h3-4,8-9,17-18H,5-7,10-14H2,1-2H3. The van der Waals surface area contributed by atoms with Crippen molar-refractivity contribution in [3.05, 3.63) is 35.4 Å². The lowest BCUT2D eigenvalue weighted by Crippen LogP contribution is -2.34. The first-order valence-corrected chi connectivity index (χ1v) is 7.72. The molecule has 1 saturated heterocycles. The Hall–Kier alpha value is -0.860. The Morgan fingerprint density at radius 3 is 2.84 bits per heavy atom. The van der Waals surface area contributed by atoms with Crippen molar-refractivity contribution in [3.8, 4) is 0 Å². The molecule has 1 fully saturated rings. The van der Waals surface area contributed by atoms with Crippen LogP contribution in [0.4, 0.5) is 0 Å². The molecule has 0 bridgehead atoms. The fourth-order valence-electron chi connectivity index (χ4n) is 2.94. The predicted molar refractivity (Wildman–Crippen MR) is 82.4 cm³/mol. The second-order valence-corrected chi connectivity index (χ2v) is 5.95. The summed E-state index contributed by atoms with van der Waals surface area (Å²) in [6.07, 6.45) is 6.79. The van der Waals surface area contributed by atoms with Gasteiger partial charge >= 0.3 is 0 Å². The third kappa shape index (κ3) is 4.96. The molecule has 1 aliphatic rings. The van der Waals surface area contributed by atoms with Crippen molar-refractivity contribution in [2.45, 2.75) is 51.6 Å². The fraction of sp³-hybridized carbons (Fsp3) is 0.647. The molecule has 0 radical (unpaired) electrons. The van der Waals surface area contributed by atoms with Crippen LogP contribution in [0.2, 0.25) is 0 Å². The summed E-state index contributed by atoms with van der Waals surface area (Å²) >= 11 is 0. The van der Waals surface area contributed by atoms with Gasteiger partial charge in [0.25, 0.3) is 0 Å². The van der Waals surface area contributed by atoms with Crippen molar-refractivity contribution < 1.29 is 0 Å². The van der Waals surface area contributed by atoms with Crippen LogP contribution in [-0.2, 0) is 6.54 Å². The fourth-order valence-corrected chi connectivity index (χ4v) is 2.94. The van der Waals surface area contributed by atoms with E-state index in [2.05, 4.69) is 48.5 Å². The molecular weight excluding hydrogens is 232 g/mol.